The summed E-state index contributed by atoms with van der Waals surface area (Å²) >= 11 is 5.74. The van der Waals surface area contributed by atoms with Crippen molar-refractivity contribution >= 4 is 33.2 Å². The molecule has 0 aromatic heterocycles. The molecule has 0 saturated carbocycles. The van der Waals surface area contributed by atoms with Gasteiger partial charge in [-0.25, -0.2) is 13.1 Å². The van der Waals surface area contributed by atoms with Crippen LogP contribution in [-0.4, -0.2) is 20.9 Å². The van der Waals surface area contributed by atoms with E-state index in [2.05, 4.69) is 4.72 Å². The van der Waals surface area contributed by atoms with Crippen molar-refractivity contribution in [3.8, 4) is 0 Å². The second kappa shape index (κ2) is 6.74. The van der Waals surface area contributed by atoms with Crippen molar-refractivity contribution in [3.63, 3.8) is 0 Å². The highest BCUT2D eigenvalue weighted by atomic mass is 35.5. The Morgan fingerprint density at radius 1 is 1.32 bits per heavy atom. The van der Waals surface area contributed by atoms with Crippen LogP contribution < -0.4 is 16.2 Å². The molecule has 8 heteroatoms. The number of hydrogen-bond donors (Lipinski definition) is 3. The summed E-state index contributed by atoms with van der Waals surface area (Å²) in [6.07, 6.45) is 1.28. The lowest BCUT2D eigenvalue weighted by atomic mass is 10.2. The summed E-state index contributed by atoms with van der Waals surface area (Å²) in [6.45, 7) is 0.210. The molecule has 0 aliphatic carbocycles. The van der Waals surface area contributed by atoms with Gasteiger partial charge in [0.25, 0.3) is 0 Å². The van der Waals surface area contributed by atoms with E-state index in [9.17, 15) is 13.2 Å². The highest BCUT2D eigenvalue weighted by molar-refractivity contribution is 7.89. The molecule has 19 heavy (non-hydrogen) atoms. The summed E-state index contributed by atoms with van der Waals surface area (Å²) in [4.78, 5) is 10.5. The predicted molar refractivity (Wildman–Crippen MR) is 74.1 cm³/mol. The number of nitrogen functional groups attached to an aromatic ring is 1. The smallest absolute Gasteiger partial charge is 0.242 e. The first kappa shape index (κ1) is 15.7. The fourth-order valence-corrected chi connectivity index (χ4v) is 2.92. The number of unbranched alkanes of at least 4 members (excludes halogenated alkanes) is 1. The molecule has 0 saturated heterocycles. The quantitative estimate of drug-likeness (QED) is 0.511. The molecule has 1 aromatic rings. The maximum Gasteiger partial charge on any atom is 0.242 e. The van der Waals surface area contributed by atoms with Crippen molar-refractivity contribution in [1.29, 1.82) is 0 Å². The van der Waals surface area contributed by atoms with E-state index in [0.717, 1.165) is 0 Å². The summed E-state index contributed by atoms with van der Waals surface area (Å²) in [5.41, 5.74) is 10.7. The van der Waals surface area contributed by atoms with E-state index in [1.165, 1.54) is 18.2 Å². The van der Waals surface area contributed by atoms with Gasteiger partial charge in [-0.2, -0.15) is 0 Å². The molecule has 106 valence electrons. The van der Waals surface area contributed by atoms with E-state index in [0.29, 0.717) is 17.9 Å². The third-order valence-electron chi connectivity index (χ3n) is 2.41. The van der Waals surface area contributed by atoms with Gasteiger partial charge in [-0.05, 0) is 31.0 Å². The minimum Gasteiger partial charge on any atom is -0.398 e. The Kier molecular flexibility index (Phi) is 5.59. The summed E-state index contributed by atoms with van der Waals surface area (Å²) < 4.78 is 26.3. The molecular formula is C11H16ClN3O3S. The van der Waals surface area contributed by atoms with Crippen molar-refractivity contribution in [3.05, 3.63) is 23.2 Å². The summed E-state index contributed by atoms with van der Waals surface area (Å²) in [6, 6.07) is 4.25. The summed E-state index contributed by atoms with van der Waals surface area (Å²) in [5.74, 6) is -0.401. The van der Waals surface area contributed by atoms with E-state index in [1.54, 1.807) is 0 Å². The van der Waals surface area contributed by atoms with Crippen molar-refractivity contribution in [2.24, 2.45) is 5.73 Å². The molecule has 1 aromatic carbocycles. The van der Waals surface area contributed by atoms with E-state index in [-0.39, 0.29) is 23.5 Å². The van der Waals surface area contributed by atoms with Crippen molar-refractivity contribution in [2.75, 3.05) is 12.3 Å². The van der Waals surface area contributed by atoms with Crippen LogP contribution >= 0.6 is 11.6 Å². The highest BCUT2D eigenvalue weighted by Gasteiger charge is 2.17. The number of carbonyl (C=O) groups excluding carboxylic acids is 1. The molecule has 1 rings (SSSR count). The molecule has 0 aliphatic rings. The van der Waals surface area contributed by atoms with E-state index in [4.69, 9.17) is 23.1 Å². The monoisotopic (exact) mass is 305 g/mol. The van der Waals surface area contributed by atoms with Crippen LogP contribution in [-0.2, 0) is 14.8 Å². The van der Waals surface area contributed by atoms with Gasteiger partial charge in [0, 0.05) is 18.0 Å². The number of halogens is 1. The third kappa shape index (κ3) is 5.06. The predicted octanol–water partition coefficient (Wildman–Crippen LogP) is 0.856. The topological polar surface area (TPSA) is 115 Å². The second-order valence-corrected chi connectivity index (χ2v) is 6.18. The van der Waals surface area contributed by atoms with Gasteiger partial charge in [0.2, 0.25) is 15.9 Å². The van der Waals surface area contributed by atoms with E-state index in [1.807, 2.05) is 0 Å². The number of amides is 1. The molecule has 6 nitrogen and oxygen atoms in total. The minimum absolute atomic E-state index is 0.0464. The number of nitrogens with one attached hydrogen (secondary N) is 1. The van der Waals surface area contributed by atoms with Gasteiger partial charge >= 0.3 is 0 Å². The van der Waals surface area contributed by atoms with Crippen LogP contribution in [0.2, 0.25) is 5.02 Å². The number of benzene rings is 1. The number of rotatable bonds is 7. The summed E-state index contributed by atoms with van der Waals surface area (Å²) in [5, 5.41) is 0.295. The molecule has 0 bridgehead atoms. The largest absolute Gasteiger partial charge is 0.398 e. The Labute approximate surface area is 117 Å². The Hall–Kier alpha value is -1.31. The molecule has 0 spiro atoms. The number of hydrogen-bond acceptors (Lipinski definition) is 4. The van der Waals surface area contributed by atoms with Gasteiger partial charge in [-0.1, -0.05) is 11.6 Å². The van der Waals surface area contributed by atoms with Crippen molar-refractivity contribution < 1.29 is 13.2 Å². The lowest BCUT2D eigenvalue weighted by Crippen LogP contribution is -2.25. The lowest BCUT2D eigenvalue weighted by Gasteiger charge is -2.09. The Morgan fingerprint density at radius 3 is 2.63 bits per heavy atom. The van der Waals surface area contributed by atoms with Crippen LogP contribution in [0.25, 0.3) is 0 Å². The molecular weight excluding hydrogens is 290 g/mol. The zero-order valence-corrected chi connectivity index (χ0v) is 11.8. The van der Waals surface area contributed by atoms with E-state index >= 15 is 0 Å². The molecule has 0 radical (unpaired) electrons. The molecule has 0 atom stereocenters. The van der Waals surface area contributed by atoms with Gasteiger partial charge in [-0.3, -0.25) is 4.79 Å². The summed E-state index contributed by atoms with van der Waals surface area (Å²) in [7, 11) is -3.69. The molecule has 1 amide bonds. The first-order chi connectivity index (χ1) is 8.83. The average molecular weight is 306 g/mol. The maximum atomic E-state index is 12.0. The Bertz CT molecular complexity index is 560. The van der Waals surface area contributed by atoms with Crippen molar-refractivity contribution in [2.45, 2.75) is 24.2 Å². The van der Waals surface area contributed by atoms with E-state index < -0.39 is 15.9 Å². The zero-order chi connectivity index (χ0) is 14.5. The number of nitrogens with two attached hydrogens (primary N) is 2. The Morgan fingerprint density at radius 2 is 2.00 bits per heavy atom. The number of carbonyl (C=O) groups is 1. The lowest BCUT2D eigenvalue weighted by molar-refractivity contribution is -0.118. The molecule has 0 unspecified atom stereocenters. The highest BCUT2D eigenvalue weighted by Crippen LogP contribution is 2.22. The number of primary amides is 1. The SMILES string of the molecule is NC(=O)CCCCNS(=O)(=O)c1cc(Cl)ccc1N. The minimum atomic E-state index is -3.69. The van der Waals surface area contributed by atoms with Gasteiger partial charge in [0.15, 0.2) is 0 Å². The standard InChI is InChI=1S/C11H16ClN3O3S/c12-8-4-5-9(13)10(7-8)19(17,18)15-6-2-1-3-11(14)16/h4-5,7,15H,1-3,6,13H2,(H2,14,16). The molecule has 5 N–H and O–H groups in total. The fraction of sp³-hybridized carbons (Fsp3) is 0.364. The number of anilines is 1. The van der Waals surface area contributed by atoms with Crippen LogP contribution in [0.4, 0.5) is 5.69 Å². The fourth-order valence-electron chi connectivity index (χ4n) is 1.45. The van der Waals surface area contributed by atoms with Gasteiger partial charge in [0.05, 0.1) is 5.69 Å². The molecule has 0 aliphatic heterocycles. The maximum absolute atomic E-state index is 12.0. The van der Waals surface area contributed by atoms with Gasteiger partial charge in [-0.15, -0.1) is 0 Å². The second-order valence-electron chi connectivity index (χ2n) is 4.00. The van der Waals surface area contributed by atoms with Gasteiger partial charge < -0.3 is 11.5 Å². The van der Waals surface area contributed by atoms with Crippen LogP contribution in [0.1, 0.15) is 19.3 Å². The van der Waals surface area contributed by atoms with Crippen LogP contribution in [0.15, 0.2) is 23.1 Å². The Balaban J connectivity index is 2.61. The van der Waals surface area contributed by atoms with Crippen LogP contribution in [0.5, 0.6) is 0 Å². The van der Waals surface area contributed by atoms with Crippen molar-refractivity contribution in [1.82, 2.24) is 4.72 Å². The normalized spacial score (nSPS) is 11.4. The molecule has 0 heterocycles. The van der Waals surface area contributed by atoms with Crippen LogP contribution in [0.3, 0.4) is 0 Å². The zero-order valence-electron chi connectivity index (χ0n) is 10.2. The van der Waals surface area contributed by atoms with Gasteiger partial charge in [0.1, 0.15) is 4.90 Å². The first-order valence-corrected chi connectivity index (χ1v) is 7.52. The van der Waals surface area contributed by atoms with Crippen LogP contribution in [0, 0.1) is 0 Å². The molecule has 0 fully saturated rings. The average Bonchev–Trinajstić information content (AvgIpc) is 2.31. The third-order valence-corrected chi connectivity index (χ3v) is 4.16. The number of sulfonamides is 1. The first-order valence-electron chi connectivity index (χ1n) is 5.66.